The van der Waals surface area contributed by atoms with Crippen LogP contribution in [-0.2, 0) is 7.05 Å². The molecule has 0 saturated carbocycles. The lowest BCUT2D eigenvalue weighted by Gasteiger charge is -2.08. The molecule has 0 bridgehead atoms. The van der Waals surface area contributed by atoms with E-state index < -0.39 is 4.92 Å². The van der Waals surface area contributed by atoms with Crippen LogP contribution in [0, 0.1) is 29.4 Å². The van der Waals surface area contributed by atoms with Crippen molar-refractivity contribution in [3.63, 3.8) is 0 Å². The van der Waals surface area contributed by atoms with Crippen LogP contribution in [-0.4, -0.2) is 20.5 Å². The summed E-state index contributed by atoms with van der Waals surface area (Å²) in [7, 11) is 1.70. The minimum Gasteiger partial charge on any atom is -0.358 e. The molecule has 1 aromatic heterocycles. The zero-order chi connectivity index (χ0) is 11.6. The van der Waals surface area contributed by atoms with Crippen molar-refractivity contribution in [2.75, 3.05) is 5.32 Å². The van der Waals surface area contributed by atoms with E-state index in [0.717, 1.165) is 0 Å². The zero-order valence-electron chi connectivity index (χ0n) is 8.81. The second-order valence-corrected chi connectivity index (χ2v) is 3.18. The van der Waals surface area contributed by atoms with Gasteiger partial charge in [-0.05, 0) is 16.8 Å². The number of anilines is 1. The normalized spacial score (nSPS) is 11.9. The summed E-state index contributed by atoms with van der Waals surface area (Å²) in [6, 6.07) is -0.279. The molecule has 1 atom stereocenters. The van der Waals surface area contributed by atoms with Crippen LogP contribution in [0.15, 0.2) is 0 Å². The number of aromatic nitrogens is 2. The monoisotopic (exact) mass is 208 g/mol. The number of hydrogen-bond donors (Lipinski definition) is 1. The van der Waals surface area contributed by atoms with Gasteiger partial charge in [-0.25, -0.2) is 0 Å². The Morgan fingerprint density at radius 2 is 2.33 bits per heavy atom. The average molecular weight is 208 g/mol. The summed E-state index contributed by atoms with van der Waals surface area (Å²) < 4.78 is 1.60. The number of terminal acetylenes is 1. The molecule has 1 rings (SSSR count). The van der Waals surface area contributed by atoms with Gasteiger partial charge in [0.1, 0.15) is 0 Å². The lowest BCUT2D eigenvalue weighted by Crippen LogP contribution is -2.15. The van der Waals surface area contributed by atoms with E-state index in [4.69, 9.17) is 6.42 Å². The van der Waals surface area contributed by atoms with E-state index in [1.165, 1.54) is 0 Å². The molecule has 0 aliphatic carbocycles. The van der Waals surface area contributed by atoms with Gasteiger partial charge in [0.2, 0.25) is 11.6 Å². The molecule has 1 N–H and O–H groups in total. The van der Waals surface area contributed by atoms with Gasteiger partial charge in [-0.1, -0.05) is 5.92 Å². The Kier molecular flexibility index (Phi) is 2.95. The highest BCUT2D eigenvalue weighted by Gasteiger charge is 2.23. The van der Waals surface area contributed by atoms with E-state index in [2.05, 4.69) is 16.2 Å². The van der Waals surface area contributed by atoms with Gasteiger partial charge < -0.3 is 15.4 Å². The third kappa shape index (κ3) is 2.07. The number of aryl methyl sites for hydroxylation is 1. The van der Waals surface area contributed by atoms with Crippen molar-refractivity contribution in [2.24, 2.45) is 7.05 Å². The highest BCUT2D eigenvalue weighted by molar-refractivity contribution is 5.54. The van der Waals surface area contributed by atoms with Crippen molar-refractivity contribution in [1.82, 2.24) is 9.55 Å². The Bertz CT molecular complexity index is 430. The van der Waals surface area contributed by atoms with Gasteiger partial charge in [0.15, 0.2) is 0 Å². The maximum atomic E-state index is 10.7. The number of imidazole rings is 1. The maximum absolute atomic E-state index is 10.7. The molecule has 6 heteroatoms. The maximum Gasteiger partial charge on any atom is 0.406 e. The summed E-state index contributed by atoms with van der Waals surface area (Å²) in [5.41, 5.74) is 0. The molecule has 0 aliphatic heterocycles. The SMILES string of the molecule is C#CC(C)Nc1c([N+](=O)[O-])nc(C)n1C. The van der Waals surface area contributed by atoms with Crippen molar-refractivity contribution in [3.8, 4) is 12.3 Å². The van der Waals surface area contributed by atoms with Gasteiger partial charge in [-0.2, -0.15) is 0 Å². The van der Waals surface area contributed by atoms with E-state index in [0.29, 0.717) is 11.6 Å². The smallest absolute Gasteiger partial charge is 0.358 e. The predicted octanol–water partition coefficient (Wildman–Crippen LogP) is 1.07. The van der Waals surface area contributed by atoms with Crippen LogP contribution in [0.2, 0.25) is 0 Å². The fourth-order valence-corrected chi connectivity index (χ4v) is 1.13. The molecular formula is C9H12N4O2. The third-order valence-corrected chi connectivity index (χ3v) is 2.08. The fraction of sp³-hybridized carbons (Fsp3) is 0.444. The number of nitrogens with zero attached hydrogens (tertiary/aromatic N) is 3. The molecule has 0 aliphatic rings. The second kappa shape index (κ2) is 4.00. The van der Waals surface area contributed by atoms with Crippen LogP contribution >= 0.6 is 0 Å². The molecule has 80 valence electrons. The first kappa shape index (κ1) is 11.0. The molecule has 0 saturated heterocycles. The van der Waals surface area contributed by atoms with Crippen molar-refractivity contribution in [1.29, 1.82) is 0 Å². The summed E-state index contributed by atoms with van der Waals surface area (Å²) >= 11 is 0. The van der Waals surface area contributed by atoms with E-state index in [1.807, 2.05) is 0 Å². The Morgan fingerprint density at radius 1 is 1.73 bits per heavy atom. The van der Waals surface area contributed by atoms with Crippen LogP contribution in [0.25, 0.3) is 0 Å². The van der Waals surface area contributed by atoms with Crippen LogP contribution in [0.1, 0.15) is 12.7 Å². The summed E-state index contributed by atoms with van der Waals surface area (Å²) in [6.45, 7) is 3.44. The lowest BCUT2D eigenvalue weighted by atomic mass is 10.3. The highest BCUT2D eigenvalue weighted by atomic mass is 16.6. The number of nitro groups is 1. The van der Waals surface area contributed by atoms with Crippen LogP contribution in [0.5, 0.6) is 0 Å². The Morgan fingerprint density at radius 3 is 2.80 bits per heavy atom. The van der Waals surface area contributed by atoms with E-state index in [1.54, 1.807) is 25.5 Å². The number of nitrogens with one attached hydrogen (secondary N) is 1. The molecular weight excluding hydrogens is 196 g/mol. The van der Waals surface area contributed by atoms with Crippen molar-refractivity contribution in [3.05, 3.63) is 15.9 Å². The van der Waals surface area contributed by atoms with Gasteiger partial charge >= 0.3 is 5.82 Å². The second-order valence-electron chi connectivity index (χ2n) is 3.18. The quantitative estimate of drug-likeness (QED) is 0.458. The van der Waals surface area contributed by atoms with Crippen LogP contribution in [0.3, 0.4) is 0 Å². The Balaban J connectivity index is 3.15. The topological polar surface area (TPSA) is 73.0 Å². The summed E-state index contributed by atoms with van der Waals surface area (Å²) in [5, 5.41) is 13.5. The standard InChI is InChI=1S/C9H12N4O2/c1-5-6(2)10-8-9(13(14)15)11-7(3)12(8)4/h1,6,10H,2-4H3. The van der Waals surface area contributed by atoms with Gasteiger partial charge in [-0.3, -0.25) is 4.57 Å². The van der Waals surface area contributed by atoms with Crippen molar-refractivity contribution in [2.45, 2.75) is 19.9 Å². The third-order valence-electron chi connectivity index (χ3n) is 2.08. The fourth-order valence-electron chi connectivity index (χ4n) is 1.13. The van der Waals surface area contributed by atoms with Gasteiger partial charge in [-0.15, -0.1) is 6.42 Å². The molecule has 0 radical (unpaired) electrons. The number of rotatable bonds is 3. The summed E-state index contributed by atoms with van der Waals surface area (Å²) in [6.07, 6.45) is 5.19. The molecule has 1 aromatic rings. The van der Waals surface area contributed by atoms with Gasteiger partial charge in [0.25, 0.3) is 0 Å². The zero-order valence-corrected chi connectivity index (χ0v) is 8.81. The highest BCUT2D eigenvalue weighted by Crippen LogP contribution is 2.24. The minimum atomic E-state index is -0.529. The Hall–Kier alpha value is -2.03. The summed E-state index contributed by atoms with van der Waals surface area (Å²) in [5.74, 6) is 3.14. The van der Waals surface area contributed by atoms with Crippen LogP contribution in [0.4, 0.5) is 11.6 Å². The van der Waals surface area contributed by atoms with Crippen molar-refractivity contribution >= 4 is 11.6 Å². The molecule has 15 heavy (non-hydrogen) atoms. The predicted molar refractivity (Wildman–Crippen MR) is 56.5 cm³/mol. The van der Waals surface area contributed by atoms with Crippen molar-refractivity contribution < 1.29 is 4.92 Å². The molecule has 0 amide bonds. The summed E-state index contributed by atoms with van der Waals surface area (Å²) in [4.78, 5) is 14.0. The van der Waals surface area contributed by atoms with Crippen LogP contribution < -0.4 is 5.32 Å². The average Bonchev–Trinajstić information content (AvgIpc) is 2.46. The van der Waals surface area contributed by atoms with E-state index in [-0.39, 0.29) is 11.9 Å². The van der Waals surface area contributed by atoms with Gasteiger partial charge in [0.05, 0.1) is 6.04 Å². The Labute approximate surface area is 87.5 Å². The first-order valence-electron chi connectivity index (χ1n) is 4.37. The molecule has 0 spiro atoms. The van der Waals surface area contributed by atoms with E-state index in [9.17, 15) is 10.1 Å². The largest absolute Gasteiger partial charge is 0.406 e. The molecule has 0 aromatic carbocycles. The molecule has 0 fully saturated rings. The van der Waals surface area contributed by atoms with E-state index >= 15 is 0 Å². The number of hydrogen-bond acceptors (Lipinski definition) is 4. The minimum absolute atomic E-state index is 0.197. The first-order chi connectivity index (χ1) is 6.97. The molecule has 1 unspecified atom stereocenters. The molecule has 6 nitrogen and oxygen atoms in total. The lowest BCUT2D eigenvalue weighted by molar-refractivity contribution is -0.388. The first-order valence-corrected chi connectivity index (χ1v) is 4.37. The molecule has 1 heterocycles. The van der Waals surface area contributed by atoms with Gasteiger partial charge in [0, 0.05) is 14.0 Å².